The fraction of sp³-hybridized carbons (Fsp3) is 1.00. The van der Waals surface area contributed by atoms with Crippen LogP contribution in [0.25, 0.3) is 0 Å². The Bertz CT molecular complexity index is 256. The number of rotatable bonds is 6. The summed E-state index contributed by atoms with van der Waals surface area (Å²) in [6.07, 6.45) is -11.6. The highest BCUT2D eigenvalue weighted by molar-refractivity contribution is 7.48. The Balaban J connectivity index is 4.82. The number of hydrogen-bond donors (Lipinski definition) is 0. The fourth-order valence-corrected chi connectivity index (χ4v) is 1.80. The van der Waals surface area contributed by atoms with Crippen molar-refractivity contribution in [3.05, 3.63) is 0 Å². The molecule has 0 unspecified atom stereocenters. The maximum atomic E-state index is 12.4. The van der Waals surface area contributed by atoms with E-state index in [1.807, 2.05) is 0 Å². The van der Waals surface area contributed by atoms with Gasteiger partial charge >= 0.3 is 20.1 Å². The van der Waals surface area contributed by atoms with E-state index in [1.165, 1.54) is 13.8 Å². The van der Waals surface area contributed by atoms with Gasteiger partial charge in [-0.15, -0.1) is 0 Å². The average molecular weight is 272 g/mol. The Morgan fingerprint density at radius 3 is 1.62 bits per heavy atom. The standard InChI is InChI=1S/C6H10F5O4P/c1-3-13-16(12,14-4-2)15-6(10,11)5(7,8)9/h3-4H2,1-2H3. The van der Waals surface area contributed by atoms with E-state index in [4.69, 9.17) is 0 Å². The predicted octanol–water partition coefficient (Wildman–Crippen LogP) is 3.34. The lowest BCUT2D eigenvalue weighted by molar-refractivity contribution is -0.365. The van der Waals surface area contributed by atoms with E-state index in [0.29, 0.717) is 0 Å². The number of hydrogen-bond acceptors (Lipinski definition) is 4. The van der Waals surface area contributed by atoms with E-state index in [1.54, 1.807) is 0 Å². The zero-order valence-electron chi connectivity index (χ0n) is 8.38. The minimum atomic E-state index is -5.99. The first kappa shape index (κ1) is 15.8. The molecule has 0 N–H and O–H groups in total. The van der Waals surface area contributed by atoms with Crippen LogP contribution in [0.3, 0.4) is 0 Å². The van der Waals surface area contributed by atoms with Crippen molar-refractivity contribution in [1.29, 1.82) is 0 Å². The molecule has 0 radical (unpaired) electrons. The average Bonchev–Trinajstić information content (AvgIpc) is 2.00. The Labute approximate surface area is 88.3 Å². The summed E-state index contributed by atoms with van der Waals surface area (Å²) < 4.78 is 82.6. The van der Waals surface area contributed by atoms with Gasteiger partial charge in [-0.2, -0.15) is 22.0 Å². The van der Waals surface area contributed by atoms with Crippen LogP contribution in [-0.4, -0.2) is 25.5 Å². The van der Waals surface area contributed by atoms with Crippen LogP contribution in [0.1, 0.15) is 13.8 Å². The summed E-state index contributed by atoms with van der Waals surface area (Å²) in [5.74, 6) is 0. The maximum Gasteiger partial charge on any atom is 0.483 e. The molecule has 0 saturated heterocycles. The SMILES string of the molecule is CCOP(=O)(OCC)OC(F)(F)C(F)(F)F. The zero-order valence-corrected chi connectivity index (χ0v) is 9.28. The van der Waals surface area contributed by atoms with Crippen LogP contribution in [-0.2, 0) is 18.1 Å². The molecule has 0 aliphatic rings. The van der Waals surface area contributed by atoms with Crippen LogP contribution >= 0.6 is 7.82 Å². The minimum absolute atomic E-state index is 0.398. The third-order valence-corrected chi connectivity index (χ3v) is 2.73. The molecule has 0 saturated carbocycles. The first-order chi connectivity index (χ1) is 7.08. The Morgan fingerprint density at radius 1 is 1.00 bits per heavy atom. The van der Waals surface area contributed by atoms with Gasteiger partial charge < -0.3 is 0 Å². The molecule has 98 valence electrons. The second kappa shape index (κ2) is 5.39. The van der Waals surface area contributed by atoms with Crippen molar-refractivity contribution in [2.24, 2.45) is 0 Å². The molecule has 4 nitrogen and oxygen atoms in total. The summed E-state index contributed by atoms with van der Waals surface area (Å²) in [5.41, 5.74) is 0. The Hall–Kier alpha value is -0.240. The van der Waals surface area contributed by atoms with E-state index >= 15 is 0 Å². The summed E-state index contributed by atoms with van der Waals surface area (Å²) in [7, 11) is -4.91. The molecule has 0 amide bonds. The van der Waals surface area contributed by atoms with Crippen molar-refractivity contribution in [1.82, 2.24) is 0 Å². The van der Waals surface area contributed by atoms with Crippen molar-refractivity contribution < 1.29 is 40.1 Å². The molecular weight excluding hydrogens is 262 g/mol. The molecule has 0 atom stereocenters. The maximum absolute atomic E-state index is 12.4. The largest absolute Gasteiger partial charge is 0.483 e. The summed E-state index contributed by atoms with van der Waals surface area (Å²) in [6, 6.07) is 0. The molecule has 0 aliphatic heterocycles. The molecule has 0 aromatic heterocycles. The van der Waals surface area contributed by atoms with Crippen LogP contribution in [0.15, 0.2) is 0 Å². The highest BCUT2D eigenvalue weighted by Crippen LogP contribution is 2.56. The zero-order chi connectivity index (χ0) is 13.0. The lowest BCUT2D eigenvalue weighted by Gasteiger charge is -2.23. The van der Waals surface area contributed by atoms with Crippen molar-refractivity contribution in [3.8, 4) is 0 Å². The number of phosphoric acid groups is 1. The van der Waals surface area contributed by atoms with Gasteiger partial charge in [-0.1, -0.05) is 0 Å². The summed E-state index contributed by atoms with van der Waals surface area (Å²) in [5, 5.41) is 0. The van der Waals surface area contributed by atoms with E-state index in [0.717, 1.165) is 0 Å². The third kappa shape index (κ3) is 4.32. The predicted molar refractivity (Wildman–Crippen MR) is 42.9 cm³/mol. The fourth-order valence-electron chi connectivity index (χ4n) is 0.598. The van der Waals surface area contributed by atoms with Crippen molar-refractivity contribution in [2.45, 2.75) is 26.1 Å². The summed E-state index contributed by atoms with van der Waals surface area (Å²) >= 11 is 0. The van der Waals surface area contributed by atoms with Crippen LogP contribution in [0.2, 0.25) is 0 Å². The van der Waals surface area contributed by atoms with Gasteiger partial charge in [0, 0.05) is 0 Å². The second-order valence-electron chi connectivity index (χ2n) is 2.39. The summed E-state index contributed by atoms with van der Waals surface area (Å²) in [4.78, 5) is 0. The van der Waals surface area contributed by atoms with Gasteiger partial charge in [0.2, 0.25) is 0 Å². The first-order valence-corrected chi connectivity index (χ1v) is 5.58. The van der Waals surface area contributed by atoms with Gasteiger partial charge in [-0.05, 0) is 13.8 Å². The van der Waals surface area contributed by atoms with Crippen LogP contribution < -0.4 is 0 Å². The molecule has 0 rings (SSSR count). The van der Waals surface area contributed by atoms with Crippen LogP contribution in [0.5, 0.6) is 0 Å². The lowest BCUT2D eigenvalue weighted by atomic mass is 10.6. The van der Waals surface area contributed by atoms with Crippen LogP contribution in [0, 0.1) is 0 Å². The van der Waals surface area contributed by atoms with E-state index in [2.05, 4.69) is 13.6 Å². The summed E-state index contributed by atoms with van der Waals surface area (Å²) in [6.45, 7) is 1.68. The van der Waals surface area contributed by atoms with E-state index in [9.17, 15) is 26.5 Å². The van der Waals surface area contributed by atoms with Gasteiger partial charge in [0.15, 0.2) is 0 Å². The number of alkyl halides is 5. The second-order valence-corrected chi connectivity index (χ2v) is 3.98. The van der Waals surface area contributed by atoms with Gasteiger partial charge in [0.1, 0.15) is 0 Å². The highest BCUT2D eigenvalue weighted by Gasteiger charge is 2.63. The number of halogens is 5. The highest BCUT2D eigenvalue weighted by atomic mass is 31.2. The topological polar surface area (TPSA) is 44.8 Å². The lowest BCUT2D eigenvalue weighted by Crippen LogP contribution is -2.38. The molecule has 0 bridgehead atoms. The van der Waals surface area contributed by atoms with Crippen molar-refractivity contribution in [2.75, 3.05) is 13.2 Å². The molecule has 0 spiro atoms. The van der Waals surface area contributed by atoms with Crippen molar-refractivity contribution >= 4 is 7.82 Å². The first-order valence-electron chi connectivity index (χ1n) is 4.12. The Kier molecular flexibility index (Phi) is 5.31. The molecule has 0 fully saturated rings. The van der Waals surface area contributed by atoms with Gasteiger partial charge in [0.05, 0.1) is 13.2 Å². The Morgan fingerprint density at radius 2 is 1.38 bits per heavy atom. The molecule has 16 heavy (non-hydrogen) atoms. The van der Waals surface area contributed by atoms with Gasteiger partial charge in [0.25, 0.3) is 0 Å². The normalized spacial score (nSPS) is 14.2. The molecule has 0 aromatic rings. The van der Waals surface area contributed by atoms with Gasteiger partial charge in [-0.25, -0.2) is 9.09 Å². The number of phosphoric ester groups is 1. The molecule has 0 aliphatic carbocycles. The smallest absolute Gasteiger partial charge is 0.287 e. The molecule has 0 aromatic carbocycles. The monoisotopic (exact) mass is 272 g/mol. The quantitative estimate of drug-likeness (QED) is 0.549. The van der Waals surface area contributed by atoms with E-state index in [-0.39, 0.29) is 0 Å². The van der Waals surface area contributed by atoms with Crippen LogP contribution in [0.4, 0.5) is 22.0 Å². The minimum Gasteiger partial charge on any atom is -0.287 e. The van der Waals surface area contributed by atoms with Crippen molar-refractivity contribution in [3.63, 3.8) is 0 Å². The van der Waals surface area contributed by atoms with Gasteiger partial charge in [-0.3, -0.25) is 9.05 Å². The molecular formula is C6H10F5O4P. The van der Waals surface area contributed by atoms with E-state index < -0.39 is 33.3 Å². The molecule has 10 heteroatoms. The molecule has 0 heterocycles. The third-order valence-electron chi connectivity index (χ3n) is 1.13.